The second kappa shape index (κ2) is 8.86. The zero-order chi connectivity index (χ0) is 19.9. The van der Waals surface area contributed by atoms with E-state index < -0.39 is 0 Å². The lowest BCUT2D eigenvalue weighted by Gasteiger charge is -2.09. The molecular formula is C23H22N2O3. The van der Waals surface area contributed by atoms with Gasteiger partial charge in [-0.05, 0) is 48.9 Å². The molecule has 2 N–H and O–H groups in total. The van der Waals surface area contributed by atoms with E-state index in [1.807, 2.05) is 31.2 Å². The molecule has 142 valence electrons. The minimum atomic E-state index is -0.250. The van der Waals surface area contributed by atoms with Crippen LogP contribution in [0.4, 0.5) is 5.69 Å². The molecule has 2 amide bonds. The molecule has 0 aliphatic carbocycles. The monoisotopic (exact) mass is 374 g/mol. The highest BCUT2D eigenvalue weighted by Gasteiger charge is 2.10. The molecule has 28 heavy (non-hydrogen) atoms. The summed E-state index contributed by atoms with van der Waals surface area (Å²) in [5, 5.41) is 5.70. The molecule has 3 rings (SSSR count). The molecule has 0 spiro atoms. The third-order valence-electron chi connectivity index (χ3n) is 4.27. The minimum absolute atomic E-state index is 0.179. The van der Waals surface area contributed by atoms with Crippen molar-refractivity contribution in [3.63, 3.8) is 0 Å². The number of methoxy groups -OCH3 is 1. The SMILES string of the molecule is COc1cccc(NC(=O)c2ccc(C(=O)NCc3cccc(C)c3)cc2)c1. The molecule has 5 heteroatoms. The lowest BCUT2D eigenvalue weighted by Crippen LogP contribution is -2.23. The first kappa shape index (κ1) is 19.2. The van der Waals surface area contributed by atoms with Gasteiger partial charge >= 0.3 is 0 Å². The van der Waals surface area contributed by atoms with E-state index in [1.54, 1.807) is 55.6 Å². The molecule has 0 heterocycles. The first-order chi connectivity index (χ1) is 13.5. The van der Waals surface area contributed by atoms with E-state index in [-0.39, 0.29) is 11.8 Å². The van der Waals surface area contributed by atoms with Gasteiger partial charge in [-0.2, -0.15) is 0 Å². The van der Waals surface area contributed by atoms with Gasteiger partial charge in [0.2, 0.25) is 0 Å². The predicted octanol–water partition coefficient (Wildman–Crippen LogP) is 4.19. The highest BCUT2D eigenvalue weighted by atomic mass is 16.5. The molecule has 0 bridgehead atoms. The summed E-state index contributed by atoms with van der Waals surface area (Å²) in [6.07, 6.45) is 0. The van der Waals surface area contributed by atoms with Crippen molar-refractivity contribution in [2.24, 2.45) is 0 Å². The van der Waals surface area contributed by atoms with Crippen molar-refractivity contribution in [2.45, 2.75) is 13.5 Å². The second-order valence-corrected chi connectivity index (χ2v) is 6.44. The normalized spacial score (nSPS) is 10.2. The van der Waals surface area contributed by atoms with E-state index >= 15 is 0 Å². The van der Waals surface area contributed by atoms with Crippen LogP contribution in [0.2, 0.25) is 0 Å². The van der Waals surface area contributed by atoms with E-state index in [4.69, 9.17) is 4.74 Å². The fourth-order valence-corrected chi connectivity index (χ4v) is 2.78. The van der Waals surface area contributed by atoms with E-state index in [2.05, 4.69) is 10.6 Å². The van der Waals surface area contributed by atoms with E-state index in [0.717, 1.165) is 11.1 Å². The van der Waals surface area contributed by atoms with Gasteiger partial charge in [-0.25, -0.2) is 0 Å². The highest BCUT2D eigenvalue weighted by molar-refractivity contribution is 6.05. The quantitative estimate of drug-likeness (QED) is 0.680. The van der Waals surface area contributed by atoms with Crippen LogP contribution in [0.1, 0.15) is 31.8 Å². The summed E-state index contributed by atoms with van der Waals surface area (Å²) in [6.45, 7) is 2.47. The van der Waals surface area contributed by atoms with Crippen molar-refractivity contribution >= 4 is 17.5 Å². The van der Waals surface area contributed by atoms with Gasteiger partial charge in [-0.3, -0.25) is 9.59 Å². The maximum Gasteiger partial charge on any atom is 0.255 e. The average molecular weight is 374 g/mol. The predicted molar refractivity (Wildman–Crippen MR) is 110 cm³/mol. The Balaban J connectivity index is 1.60. The summed E-state index contributed by atoms with van der Waals surface area (Å²) >= 11 is 0. The molecule has 0 atom stereocenters. The van der Waals surface area contributed by atoms with Crippen molar-refractivity contribution in [3.8, 4) is 5.75 Å². The standard InChI is InChI=1S/C23H22N2O3/c1-16-5-3-6-17(13-16)15-24-22(26)18-9-11-19(12-10-18)23(27)25-20-7-4-8-21(14-20)28-2/h3-14H,15H2,1-2H3,(H,24,26)(H,25,27). The van der Waals surface area contributed by atoms with Crippen molar-refractivity contribution in [2.75, 3.05) is 12.4 Å². The molecule has 0 saturated heterocycles. The Bertz CT molecular complexity index is 981. The van der Waals surface area contributed by atoms with Crippen LogP contribution in [-0.2, 0) is 6.54 Å². The Labute approximate surface area is 164 Å². The van der Waals surface area contributed by atoms with Gasteiger partial charge in [0.15, 0.2) is 0 Å². The van der Waals surface area contributed by atoms with Gasteiger partial charge in [0, 0.05) is 29.4 Å². The maximum atomic E-state index is 12.4. The number of aryl methyl sites for hydroxylation is 1. The molecule has 0 radical (unpaired) electrons. The zero-order valence-electron chi connectivity index (χ0n) is 15.9. The highest BCUT2D eigenvalue weighted by Crippen LogP contribution is 2.17. The molecule has 3 aromatic rings. The van der Waals surface area contributed by atoms with Gasteiger partial charge in [0.25, 0.3) is 11.8 Å². The number of hydrogen-bond acceptors (Lipinski definition) is 3. The van der Waals surface area contributed by atoms with Crippen LogP contribution in [0, 0.1) is 6.92 Å². The van der Waals surface area contributed by atoms with Crippen LogP contribution in [-0.4, -0.2) is 18.9 Å². The zero-order valence-corrected chi connectivity index (χ0v) is 15.9. The summed E-state index contributed by atoms with van der Waals surface area (Å²) in [7, 11) is 1.57. The van der Waals surface area contributed by atoms with Gasteiger partial charge in [0.05, 0.1) is 7.11 Å². The van der Waals surface area contributed by atoms with Crippen LogP contribution in [0.5, 0.6) is 5.75 Å². The van der Waals surface area contributed by atoms with Crippen LogP contribution >= 0.6 is 0 Å². The van der Waals surface area contributed by atoms with Crippen molar-refractivity contribution in [1.82, 2.24) is 5.32 Å². The van der Waals surface area contributed by atoms with Crippen molar-refractivity contribution in [3.05, 3.63) is 95.1 Å². The summed E-state index contributed by atoms with van der Waals surface area (Å²) in [5.41, 5.74) is 3.81. The van der Waals surface area contributed by atoms with E-state index in [0.29, 0.717) is 29.1 Å². The molecule has 5 nitrogen and oxygen atoms in total. The van der Waals surface area contributed by atoms with E-state index in [1.165, 1.54) is 0 Å². The Hall–Kier alpha value is -3.60. The summed E-state index contributed by atoms with van der Waals surface area (Å²) in [6, 6.07) is 21.7. The molecule has 0 fully saturated rings. The molecule has 0 unspecified atom stereocenters. The number of carbonyl (C=O) groups is 2. The number of hydrogen-bond donors (Lipinski definition) is 2. The number of anilines is 1. The first-order valence-corrected chi connectivity index (χ1v) is 8.94. The van der Waals surface area contributed by atoms with E-state index in [9.17, 15) is 9.59 Å². The number of ether oxygens (including phenoxy) is 1. The van der Waals surface area contributed by atoms with Crippen LogP contribution < -0.4 is 15.4 Å². The number of rotatable bonds is 6. The molecule has 0 aliphatic rings. The fourth-order valence-electron chi connectivity index (χ4n) is 2.78. The smallest absolute Gasteiger partial charge is 0.255 e. The third kappa shape index (κ3) is 4.98. The molecule has 0 saturated carbocycles. The topological polar surface area (TPSA) is 67.4 Å². The minimum Gasteiger partial charge on any atom is -0.497 e. The Kier molecular flexibility index (Phi) is 6.07. The Morgan fingerprint density at radius 2 is 1.54 bits per heavy atom. The Morgan fingerprint density at radius 3 is 2.21 bits per heavy atom. The second-order valence-electron chi connectivity index (χ2n) is 6.44. The van der Waals surface area contributed by atoms with Gasteiger partial charge in [-0.1, -0.05) is 35.9 Å². The van der Waals surface area contributed by atoms with Crippen molar-refractivity contribution < 1.29 is 14.3 Å². The molecule has 0 aliphatic heterocycles. The van der Waals surface area contributed by atoms with Crippen LogP contribution in [0.15, 0.2) is 72.8 Å². The van der Waals surface area contributed by atoms with Crippen molar-refractivity contribution in [1.29, 1.82) is 0 Å². The number of carbonyl (C=O) groups excluding carboxylic acids is 2. The fraction of sp³-hybridized carbons (Fsp3) is 0.130. The first-order valence-electron chi connectivity index (χ1n) is 8.94. The molecule has 3 aromatic carbocycles. The molecule has 0 aromatic heterocycles. The average Bonchev–Trinajstić information content (AvgIpc) is 2.72. The number of amides is 2. The lowest BCUT2D eigenvalue weighted by molar-refractivity contribution is 0.0949. The van der Waals surface area contributed by atoms with Crippen LogP contribution in [0.3, 0.4) is 0 Å². The lowest BCUT2D eigenvalue weighted by atomic mass is 10.1. The van der Waals surface area contributed by atoms with Gasteiger partial charge in [-0.15, -0.1) is 0 Å². The Morgan fingerprint density at radius 1 is 0.857 bits per heavy atom. The van der Waals surface area contributed by atoms with Gasteiger partial charge in [0.1, 0.15) is 5.75 Å². The largest absolute Gasteiger partial charge is 0.497 e. The molecular weight excluding hydrogens is 352 g/mol. The summed E-state index contributed by atoms with van der Waals surface area (Å²) < 4.78 is 5.15. The summed E-state index contributed by atoms with van der Waals surface area (Å²) in [5.74, 6) is 0.236. The maximum absolute atomic E-state index is 12.4. The summed E-state index contributed by atoms with van der Waals surface area (Å²) in [4.78, 5) is 24.7. The van der Waals surface area contributed by atoms with Crippen LogP contribution in [0.25, 0.3) is 0 Å². The number of benzene rings is 3. The van der Waals surface area contributed by atoms with Gasteiger partial charge < -0.3 is 15.4 Å². The number of nitrogens with one attached hydrogen (secondary N) is 2. The third-order valence-corrected chi connectivity index (χ3v) is 4.27.